The van der Waals surface area contributed by atoms with Gasteiger partial charge in [0, 0.05) is 24.6 Å². The number of nitrogens with zero attached hydrogens (tertiary/aromatic N) is 2. The summed E-state index contributed by atoms with van der Waals surface area (Å²) in [5.41, 5.74) is 0.870. The molecule has 1 aliphatic heterocycles. The minimum Gasteiger partial charge on any atom is -0.352 e. The summed E-state index contributed by atoms with van der Waals surface area (Å²) in [5.74, 6) is -2.69. The zero-order valence-electron chi connectivity index (χ0n) is 21.0. The molecule has 0 saturated heterocycles. The van der Waals surface area contributed by atoms with Gasteiger partial charge in [0.1, 0.15) is 23.3 Å². The maximum atomic E-state index is 14.7. The van der Waals surface area contributed by atoms with Crippen LogP contribution in [-0.4, -0.2) is 54.0 Å². The van der Waals surface area contributed by atoms with Gasteiger partial charge < -0.3 is 10.2 Å². The van der Waals surface area contributed by atoms with Crippen molar-refractivity contribution < 1.29 is 27.2 Å². The van der Waals surface area contributed by atoms with E-state index < -0.39 is 46.1 Å². The highest BCUT2D eigenvalue weighted by molar-refractivity contribution is 7.90. The van der Waals surface area contributed by atoms with Crippen molar-refractivity contribution >= 4 is 27.7 Å². The Kier molecular flexibility index (Phi) is 7.91. The molecule has 1 N–H and O–H groups in total. The van der Waals surface area contributed by atoms with Gasteiger partial charge in [0.15, 0.2) is 0 Å². The Labute approximate surface area is 221 Å². The molecule has 1 aliphatic rings. The summed E-state index contributed by atoms with van der Waals surface area (Å²) in [6.45, 7) is 2.41. The third-order valence-corrected chi connectivity index (χ3v) is 7.98. The van der Waals surface area contributed by atoms with Crippen LogP contribution in [0.3, 0.4) is 0 Å². The topological polar surface area (TPSA) is 104 Å². The molecule has 0 bridgehead atoms. The van der Waals surface area contributed by atoms with E-state index in [1.54, 1.807) is 44.2 Å². The smallest absolute Gasteiger partial charge is 0.269 e. The van der Waals surface area contributed by atoms with E-state index in [2.05, 4.69) is 5.32 Å². The van der Waals surface area contributed by atoms with Crippen LogP contribution >= 0.6 is 0 Å². The molecule has 38 heavy (non-hydrogen) atoms. The van der Waals surface area contributed by atoms with Gasteiger partial charge in [0.2, 0.25) is 11.8 Å². The number of rotatable bonds is 9. The monoisotopic (exact) mass is 537 g/mol. The zero-order chi connectivity index (χ0) is 27.4. The predicted molar refractivity (Wildman–Crippen MR) is 139 cm³/mol. The molecule has 0 spiro atoms. The fourth-order valence-corrected chi connectivity index (χ4v) is 5.86. The van der Waals surface area contributed by atoms with Gasteiger partial charge in [-0.25, -0.2) is 17.1 Å². The number of benzene rings is 3. The number of carbonyl (C=O) groups is 3. The van der Waals surface area contributed by atoms with Crippen molar-refractivity contribution in [3.63, 3.8) is 0 Å². The number of amides is 3. The Morgan fingerprint density at radius 3 is 2.24 bits per heavy atom. The van der Waals surface area contributed by atoms with Crippen LogP contribution in [-0.2, 0) is 32.6 Å². The molecular formula is C28H28FN3O5S. The van der Waals surface area contributed by atoms with Crippen LogP contribution in [0, 0.1) is 5.82 Å². The summed E-state index contributed by atoms with van der Waals surface area (Å²) in [6, 6.07) is 19.2. The summed E-state index contributed by atoms with van der Waals surface area (Å²) in [6.07, 6.45) is 0.0977. The van der Waals surface area contributed by atoms with E-state index in [9.17, 15) is 27.2 Å². The Morgan fingerprint density at radius 1 is 0.947 bits per heavy atom. The van der Waals surface area contributed by atoms with Gasteiger partial charge in [-0.3, -0.25) is 14.4 Å². The SMILES string of the molecule is CC(C)NC(=O)C(Cc1ccccc1)N(Cc1ccccc1F)C(=O)CN1C(=O)c2ccccc2S1(=O)=O. The standard InChI is InChI=1S/C28H28FN3O5S/c1-19(2)30-27(34)24(16-20-10-4-3-5-11-20)31(17-21-12-6-8-14-23(21)29)26(33)18-32-28(35)22-13-7-9-15-25(22)38(32,36)37/h3-15,19,24H,16-18H2,1-2H3,(H,30,34). The van der Waals surface area contributed by atoms with E-state index in [0.717, 1.165) is 10.5 Å². The molecule has 1 unspecified atom stereocenters. The maximum absolute atomic E-state index is 14.7. The van der Waals surface area contributed by atoms with Crippen molar-refractivity contribution in [3.05, 3.63) is 101 Å². The van der Waals surface area contributed by atoms with E-state index in [4.69, 9.17) is 0 Å². The second kappa shape index (κ2) is 11.1. The second-order valence-corrected chi connectivity index (χ2v) is 11.1. The molecule has 3 aromatic carbocycles. The van der Waals surface area contributed by atoms with Crippen molar-refractivity contribution in [2.24, 2.45) is 0 Å². The average Bonchev–Trinajstić information content (AvgIpc) is 3.08. The average molecular weight is 538 g/mol. The largest absolute Gasteiger partial charge is 0.352 e. The number of fused-ring (bicyclic) bond motifs is 1. The van der Waals surface area contributed by atoms with Gasteiger partial charge in [0.05, 0.1) is 5.56 Å². The van der Waals surface area contributed by atoms with Crippen LogP contribution in [0.25, 0.3) is 0 Å². The third kappa shape index (κ3) is 5.60. The van der Waals surface area contributed by atoms with Crippen molar-refractivity contribution in [1.29, 1.82) is 0 Å². The molecule has 0 aliphatic carbocycles. The van der Waals surface area contributed by atoms with Crippen molar-refractivity contribution in [3.8, 4) is 0 Å². The fraction of sp³-hybridized carbons (Fsp3) is 0.250. The Hall–Kier alpha value is -4.05. The number of sulfonamides is 1. The van der Waals surface area contributed by atoms with Gasteiger partial charge >= 0.3 is 0 Å². The zero-order valence-corrected chi connectivity index (χ0v) is 21.8. The van der Waals surface area contributed by atoms with E-state index in [-0.39, 0.29) is 35.0 Å². The predicted octanol–water partition coefficient (Wildman–Crippen LogP) is 3.13. The van der Waals surface area contributed by atoms with Gasteiger partial charge in [-0.15, -0.1) is 0 Å². The Morgan fingerprint density at radius 2 is 1.58 bits per heavy atom. The first-order valence-corrected chi connectivity index (χ1v) is 13.6. The maximum Gasteiger partial charge on any atom is 0.269 e. The Balaban J connectivity index is 1.73. The number of nitrogens with one attached hydrogen (secondary N) is 1. The van der Waals surface area contributed by atoms with Crippen molar-refractivity contribution in [2.45, 2.75) is 43.8 Å². The molecule has 4 rings (SSSR count). The molecule has 3 aromatic rings. The lowest BCUT2D eigenvalue weighted by Gasteiger charge is -2.33. The lowest BCUT2D eigenvalue weighted by Crippen LogP contribution is -2.54. The molecule has 0 aromatic heterocycles. The second-order valence-electron chi connectivity index (χ2n) is 9.29. The minimum absolute atomic E-state index is 0.0284. The van der Waals surface area contributed by atoms with Crippen LogP contribution in [0.1, 0.15) is 35.3 Å². The molecule has 1 atom stereocenters. The molecular weight excluding hydrogens is 509 g/mol. The van der Waals surface area contributed by atoms with E-state index in [1.807, 2.05) is 6.07 Å². The molecule has 1 heterocycles. The number of hydrogen-bond acceptors (Lipinski definition) is 5. The molecule has 0 fully saturated rings. The fourth-order valence-electron chi connectivity index (χ4n) is 4.35. The number of hydrogen-bond donors (Lipinski definition) is 1. The summed E-state index contributed by atoms with van der Waals surface area (Å²) in [4.78, 5) is 41.1. The van der Waals surface area contributed by atoms with Crippen LogP contribution in [0.15, 0.2) is 83.8 Å². The van der Waals surface area contributed by atoms with Gasteiger partial charge in [-0.2, -0.15) is 0 Å². The molecule has 3 amide bonds. The lowest BCUT2D eigenvalue weighted by atomic mass is 10.0. The highest BCUT2D eigenvalue weighted by atomic mass is 32.2. The van der Waals surface area contributed by atoms with E-state index in [1.165, 1.54) is 42.5 Å². The summed E-state index contributed by atoms with van der Waals surface area (Å²) in [7, 11) is -4.27. The quantitative estimate of drug-likeness (QED) is 0.452. The molecule has 198 valence electrons. The van der Waals surface area contributed by atoms with Gasteiger partial charge in [0.25, 0.3) is 15.9 Å². The summed E-state index contributed by atoms with van der Waals surface area (Å²) >= 11 is 0. The Bertz CT molecular complexity index is 1460. The van der Waals surface area contributed by atoms with Crippen LogP contribution in [0.2, 0.25) is 0 Å². The first-order valence-electron chi connectivity index (χ1n) is 12.1. The number of halogens is 1. The van der Waals surface area contributed by atoms with E-state index in [0.29, 0.717) is 4.31 Å². The first-order chi connectivity index (χ1) is 18.1. The lowest BCUT2D eigenvalue weighted by molar-refractivity contribution is -0.141. The third-order valence-electron chi connectivity index (χ3n) is 6.19. The number of carbonyl (C=O) groups excluding carboxylic acids is 3. The molecule has 8 nitrogen and oxygen atoms in total. The van der Waals surface area contributed by atoms with Crippen LogP contribution < -0.4 is 5.32 Å². The van der Waals surface area contributed by atoms with Gasteiger partial charge in [-0.05, 0) is 37.6 Å². The molecule has 0 saturated carbocycles. The van der Waals surface area contributed by atoms with Crippen molar-refractivity contribution in [2.75, 3.05) is 6.54 Å². The van der Waals surface area contributed by atoms with Crippen LogP contribution in [0.4, 0.5) is 4.39 Å². The van der Waals surface area contributed by atoms with Gasteiger partial charge in [-0.1, -0.05) is 60.7 Å². The summed E-state index contributed by atoms with van der Waals surface area (Å²) in [5, 5.41) is 2.81. The van der Waals surface area contributed by atoms with Crippen LogP contribution in [0.5, 0.6) is 0 Å². The minimum atomic E-state index is -4.27. The normalized spacial score (nSPS) is 14.7. The summed E-state index contributed by atoms with van der Waals surface area (Å²) < 4.78 is 41.4. The highest BCUT2D eigenvalue weighted by Crippen LogP contribution is 2.30. The van der Waals surface area contributed by atoms with E-state index >= 15 is 0 Å². The van der Waals surface area contributed by atoms with Crippen molar-refractivity contribution in [1.82, 2.24) is 14.5 Å². The molecule has 0 radical (unpaired) electrons. The molecule has 10 heteroatoms. The first kappa shape index (κ1) is 27.0. The highest BCUT2D eigenvalue weighted by Gasteiger charge is 2.43.